The van der Waals surface area contributed by atoms with E-state index in [0.717, 1.165) is 19.6 Å². The summed E-state index contributed by atoms with van der Waals surface area (Å²) in [5.41, 5.74) is 5.36. The molecule has 13 heavy (non-hydrogen) atoms. The lowest BCUT2D eigenvalue weighted by molar-refractivity contribution is 0.208. The van der Waals surface area contributed by atoms with Gasteiger partial charge in [-0.05, 0) is 12.2 Å². The van der Waals surface area contributed by atoms with Gasteiger partial charge in [0.2, 0.25) is 5.89 Å². The highest BCUT2D eigenvalue weighted by atomic mass is 16.5. The lowest BCUT2D eigenvalue weighted by Crippen LogP contribution is -2.43. The molecular formula is C7H13N5O. The maximum absolute atomic E-state index is 5.36. The molecule has 0 saturated carbocycles. The van der Waals surface area contributed by atoms with Crippen LogP contribution in [-0.2, 0) is 0 Å². The number of nitrogen functional groups attached to an aromatic ring is 1. The van der Waals surface area contributed by atoms with Crippen LogP contribution in [0.1, 0.15) is 11.9 Å². The van der Waals surface area contributed by atoms with E-state index in [-0.39, 0.29) is 12.0 Å². The first-order valence-corrected chi connectivity index (χ1v) is 4.27. The number of nitrogens with two attached hydrogens (primary N) is 1. The number of piperazine rings is 1. The van der Waals surface area contributed by atoms with Crippen molar-refractivity contribution in [2.75, 3.05) is 32.4 Å². The van der Waals surface area contributed by atoms with Crippen LogP contribution in [-0.4, -0.2) is 41.7 Å². The average molecular weight is 183 g/mol. The number of likely N-dealkylation sites (N-methyl/N-ethyl adjacent to an activating group) is 1. The van der Waals surface area contributed by atoms with Gasteiger partial charge in [0.15, 0.2) is 0 Å². The molecule has 0 spiro atoms. The Kier molecular flexibility index (Phi) is 2.15. The normalized spacial score (nSPS) is 24.8. The molecule has 3 N–H and O–H groups in total. The third kappa shape index (κ3) is 1.78. The molecule has 2 heterocycles. The first-order chi connectivity index (χ1) is 6.25. The number of hydrogen-bond acceptors (Lipinski definition) is 6. The highest BCUT2D eigenvalue weighted by molar-refractivity contribution is 5.12. The Balaban J connectivity index is 2.08. The molecule has 0 amide bonds. The average Bonchev–Trinajstić information content (AvgIpc) is 2.52. The van der Waals surface area contributed by atoms with E-state index in [1.807, 2.05) is 0 Å². The van der Waals surface area contributed by atoms with Crippen LogP contribution in [0.15, 0.2) is 4.52 Å². The minimum absolute atomic E-state index is 0.114. The number of rotatable bonds is 1. The van der Waals surface area contributed by atoms with Gasteiger partial charge in [0, 0.05) is 19.6 Å². The molecule has 1 aliphatic heterocycles. The number of hydrogen-bond donors (Lipinski definition) is 2. The zero-order valence-electron chi connectivity index (χ0n) is 7.53. The van der Waals surface area contributed by atoms with Gasteiger partial charge in [-0.3, -0.25) is 0 Å². The minimum atomic E-state index is 0.114. The monoisotopic (exact) mass is 183 g/mol. The van der Waals surface area contributed by atoms with Gasteiger partial charge in [0.1, 0.15) is 6.04 Å². The molecule has 1 saturated heterocycles. The zero-order valence-corrected chi connectivity index (χ0v) is 7.53. The van der Waals surface area contributed by atoms with E-state index in [9.17, 15) is 0 Å². The summed E-state index contributed by atoms with van der Waals surface area (Å²) in [6.45, 7) is 2.85. The van der Waals surface area contributed by atoms with Crippen LogP contribution in [0.25, 0.3) is 0 Å². The van der Waals surface area contributed by atoms with E-state index in [4.69, 9.17) is 10.3 Å². The third-order valence-electron chi connectivity index (χ3n) is 2.13. The molecule has 6 nitrogen and oxygen atoms in total. The highest BCUT2D eigenvalue weighted by Crippen LogP contribution is 2.14. The maximum atomic E-state index is 5.36. The van der Waals surface area contributed by atoms with Gasteiger partial charge in [-0.25, -0.2) is 0 Å². The maximum Gasteiger partial charge on any atom is 0.260 e. The summed E-state index contributed by atoms with van der Waals surface area (Å²) in [7, 11) is 2.06. The van der Waals surface area contributed by atoms with Gasteiger partial charge in [-0.1, -0.05) is 0 Å². The molecule has 1 aromatic heterocycles. The fraction of sp³-hybridized carbons (Fsp3) is 0.714. The number of aromatic nitrogens is 2. The second kappa shape index (κ2) is 3.31. The SMILES string of the molecule is CN1CCN[C@@H](c2nc(N)no2)C1. The predicted octanol–water partition coefficient (Wildman–Crippen LogP) is -0.772. The van der Waals surface area contributed by atoms with E-state index in [2.05, 4.69) is 27.4 Å². The standard InChI is InChI=1S/C7H13N5O/c1-12-3-2-9-5(4-12)6-10-7(8)11-13-6/h5,9H,2-4H2,1H3,(H2,8,11)/t5-/m1/s1. The summed E-state index contributed by atoms with van der Waals surface area (Å²) < 4.78 is 4.98. The van der Waals surface area contributed by atoms with Gasteiger partial charge in [0.25, 0.3) is 5.95 Å². The van der Waals surface area contributed by atoms with Gasteiger partial charge >= 0.3 is 0 Å². The topological polar surface area (TPSA) is 80.2 Å². The molecule has 0 aliphatic carbocycles. The van der Waals surface area contributed by atoms with Crippen molar-refractivity contribution in [2.24, 2.45) is 0 Å². The van der Waals surface area contributed by atoms with Crippen molar-refractivity contribution in [1.82, 2.24) is 20.4 Å². The summed E-state index contributed by atoms with van der Waals surface area (Å²) in [6.07, 6.45) is 0. The van der Waals surface area contributed by atoms with E-state index in [0.29, 0.717) is 5.89 Å². The molecular weight excluding hydrogens is 170 g/mol. The highest BCUT2D eigenvalue weighted by Gasteiger charge is 2.22. The first kappa shape index (κ1) is 8.46. The van der Waals surface area contributed by atoms with E-state index in [1.54, 1.807) is 0 Å². The molecule has 1 aliphatic rings. The molecule has 0 aromatic carbocycles. The lowest BCUT2D eigenvalue weighted by atomic mass is 10.2. The van der Waals surface area contributed by atoms with Crippen molar-refractivity contribution in [3.05, 3.63) is 5.89 Å². The minimum Gasteiger partial charge on any atom is -0.365 e. The third-order valence-corrected chi connectivity index (χ3v) is 2.13. The van der Waals surface area contributed by atoms with Crippen LogP contribution in [0.3, 0.4) is 0 Å². The number of nitrogens with one attached hydrogen (secondary N) is 1. The molecule has 2 rings (SSSR count). The van der Waals surface area contributed by atoms with Crippen LogP contribution < -0.4 is 11.1 Å². The van der Waals surface area contributed by atoms with Crippen molar-refractivity contribution >= 4 is 5.95 Å². The first-order valence-electron chi connectivity index (χ1n) is 4.27. The van der Waals surface area contributed by atoms with Crippen LogP contribution in [0.2, 0.25) is 0 Å². The van der Waals surface area contributed by atoms with Crippen molar-refractivity contribution in [3.63, 3.8) is 0 Å². The van der Waals surface area contributed by atoms with Gasteiger partial charge in [0.05, 0.1) is 0 Å². The van der Waals surface area contributed by atoms with Crippen LogP contribution in [0.5, 0.6) is 0 Å². The summed E-state index contributed by atoms with van der Waals surface area (Å²) in [5, 5.41) is 6.84. The Bertz CT molecular complexity index is 286. The Morgan fingerprint density at radius 1 is 1.69 bits per heavy atom. The van der Waals surface area contributed by atoms with E-state index < -0.39 is 0 Å². The summed E-state index contributed by atoms with van der Waals surface area (Å²) in [5.74, 6) is 0.772. The van der Waals surface area contributed by atoms with Gasteiger partial charge < -0.3 is 20.5 Å². The lowest BCUT2D eigenvalue weighted by Gasteiger charge is -2.28. The quantitative estimate of drug-likeness (QED) is 0.595. The predicted molar refractivity (Wildman–Crippen MR) is 47.0 cm³/mol. The molecule has 1 atom stereocenters. The summed E-state index contributed by atoms with van der Waals surface area (Å²) in [6, 6.07) is 0.114. The smallest absolute Gasteiger partial charge is 0.260 e. The molecule has 0 bridgehead atoms. The van der Waals surface area contributed by atoms with E-state index >= 15 is 0 Å². The molecule has 72 valence electrons. The fourth-order valence-corrected chi connectivity index (χ4v) is 1.45. The fourth-order valence-electron chi connectivity index (χ4n) is 1.45. The van der Waals surface area contributed by atoms with Crippen molar-refractivity contribution in [3.8, 4) is 0 Å². The Morgan fingerprint density at radius 2 is 2.54 bits per heavy atom. The van der Waals surface area contributed by atoms with Gasteiger partial charge in [-0.2, -0.15) is 4.98 Å². The van der Waals surface area contributed by atoms with Crippen molar-refractivity contribution in [2.45, 2.75) is 6.04 Å². The second-order valence-corrected chi connectivity index (χ2v) is 3.26. The van der Waals surface area contributed by atoms with Crippen LogP contribution in [0.4, 0.5) is 5.95 Å². The number of anilines is 1. The molecule has 0 unspecified atom stereocenters. The Labute approximate surface area is 76.1 Å². The molecule has 1 fully saturated rings. The van der Waals surface area contributed by atoms with Crippen LogP contribution >= 0.6 is 0 Å². The second-order valence-electron chi connectivity index (χ2n) is 3.26. The zero-order chi connectivity index (χ0) is 9.26. The van der Waals surface area contributed by atoms with Crippen molar-refractivity contribution < 1.29 is 4.52 Å². The number of nitrogens with zero attached hydrogens (tertiary/aromatic N) is 3. The van der Waals surface area contributed by atoms with Crippen molar-refractivity contribution in [1.29, 1.82) is 0 Å². The van der Waals surface area contributed by atoms with Gasteiger partial charge in [-0.15, -0.1) is 0 Å². The van der Waals surface area contributed by atoms with Crippen LogP contribution in [0, 0.1) is 0 Å². The molecule has 6 heteroatoms. The summed E-state index contributed by atoms with van der Waals surface area (Å²) >= 11 is 0. The Morgan fingerprint density at radius 3 is 3.15 bits per heavy atom. The largest absolute Gasteiger partial charge is 0.365 e. The summed E-state index contributed by atoms with van der Waals surface area (Å²) in [4.78, 5) is 6.19. The molecule has 1 aromatic rings. The molecule has 0 radical (unpaired) electrons. The Hall–Kier alpha value is -1.14. The van der Waals surface area contributed by atoms with E-state index in [1.165, 1.54) is 0 Å².